The van der Waals surface area contributed by atoms with E-state index in [4.69, 9.17) is 0 Å². The molecule has 5 nitrogen and oxygen atoms in total. The highest BCUT2D eigenvalue weighted by Gasteiger charge is 2.39. The first-order chi connectivity index (χ1) is 12.2. The molecule has 1 saturated carbocycles. The van der Waals surface area contributed by atoms with Gasteiger partial charge in [-0.3, -0.25) is 9.78 Å². The summed E-state index contributed by atoms with van der Waals surface area (Å²) < 4.78 is 0. The maximum Gasteiger partial charge on any atom is 0.270 e. The predicted octanol–water partition coefficient (Wildman–Crippen LogP) is 2.33. The normalized spacial score (nSPS) is 25.5. The molecule has 1 aliphatic carbocycles. The van der Waals surface area contributed by atoms with E-state index in [-0.39, 0.29) is 18.1 Å². The van der Waals surface area contributed by atoms with E-state index in [0.29, 0.717) is 18.2 Å². The lowest BCUT2D eigenvalue weighted by molar-refractivity contribution is 0.0945. The maximum atomic E-state index is 12.5. The molecule has 0 spiro atoms. The minimum absolute atomic E-state index is 0.122. The molecule has 3 atom stereocenters. The van der Waals surface area contributed by atoms with Crippen LogP contribution in [-0.4, -0.2) is 41.2 Å². The third-order valence-corrected chi connectivity index (χ3v) is 5.07. The molecule has 2 fully saturated rings. The summed E-state index contributed by atoms with van der Waals surface area (Å²) >= 11 is 0. The van der Waals surface area contributed by atoms with Gasteiger partial charge >= 0.3 is 0 Å². The van der Waals surface area contributed by atoms with Gasteiger partial charge in [-0.2, -0.15) is 0 Å². The highest BCUT2D eigenvalue weighted by molar-refractivity contribution is 5.93. The number of aliphatic hydroxyl groups is 1. The number of hydrogen-bond donors (Lipinski definition) is 2. The highest BCUT2D eigenvalue weighted by atomic mass is 16.3. The van der Waals surface area contributed by atoms with Crippen LogP contribution in [0, 0.1) is 0 Å². The molecule has 25 heavy (non-hydrogen) atoms. The molecule has 0 unspecified atom stereocenters. The third-order valence-electron chi connectivity index (χ3n) is 5.07. The summed E-state index contributed by atoms with van der Waals surface area (Å²) in [5.74, 6) is 0.286. The topological polar surface area (TPSA) is 65.5 Å². The van der Waals surface area contributed by atoms with Crippen LogP contribution in [0.2, 0.25) is 0 Å². The third kappa shape index (κ3) is 3.66. The number of β-amino-alcohol motifs (C(OH)–C–C–N with tert-alkyl or cyclic N) is 1. The fraction of sp³-hybridized carbons (Fsp3) is 0.400. The second-order valence-electron chi connectivity index (χ2n) is 6.97. The molecule has 130 valence electrons. The number of nitrogens with zero attached hydrogens (tertiary/aromatic N) is 2. The largest absolute Gasteiger partial charge is 0.391 e. The van der Waals surface area contributed by atoms with E-state index >= 15 is 0 Å². The lowest BCUT2D eigenvalue weighted by Crippen LogP contribution is -2.38. The summed E-state index contributed by atoms with van der Waals surface area (Å²) in [5, 5.41) is 12.9. The van der Waals surface area contributed by atoms with Crippen LogP contribution in [0.4, 0.5) is 5.69 Å². The summed E-state index contributed by atoms with van der Waals surface area (Å²) in [4.78, 5) is 18.9. The molecule has 2 aliphatic rings. The van der Waals surface area contributed by atoms with Crippen LogP contribution in [0.25, 0.3) is 0 Å². The first-order valence-corrected chi connectivity index (χ1v) is 8.95. The Labute approximate surface area is 147 Å². The lowest BCUT2D eigenvalue weighted by Gasteiger charge is -2.32. The van der Waals surface area contributed by atoms with Gasteiger partial charge in [-0.15, -0.1) is 0 Å². The van der Waals surface area contributed by atoms with Crippen molar-refractivity contribution in [2.75, 3.05) is 18.0 Å². The molecule has 1 aromatic carbocycles. The van der Waals surface area contributed by atoms with E-state index < -0.39 is 0 Å². The van der Waals surface area contributed by atoms with Crippen LogP contribution < -0.4 is 10.2 Å². The number of hydrogen-bond acceptors (Lipinski definition) is 4. The minimum Gasteiger partial charge on any atom is -0.391 e. The van der Waals surface area contributed by atoms with E-state index in [0.717, 1.165) is 31.5 Å². The predicted molar refractivity (Wildman–Crippen MR) is 96.7 cm³/mol. The van der Waals surface area contributed by atoms with Gasteiger partial charge in [0.25, 0.3) is 5.91 Å². The summed E-state index contributed by atoms with van der Waals surface area (Å²) in [6, 6.07) is 14.2. The van der Waals surface area contributed by atoms with E-state index in [1.54, 1.807) is 6.20 Å². The number of piperidine rings is 1. The Morgan fingerprint density at radius 1 is 1.24 bits per heavy atom. The smallest absolute Gasteiger partial charge is 0.270 e. The van der Waals surface area contributed by atoms with Gasteiger partial charge in [-0.05, 0) is 37.0 Å². The van der Waals surface area contributed by atoms with Crippen molar-refractivity contribution in [3.05, 3.63) is 59.9 Å². The standard InChI is InChI=1S/C20H23N3O2/c24-16-7-4-10-23(13-16)15-8-9-21-19(11-15)20(25)22-18-12-17(18)14-5-2-1-3-6-14/h1-3,5-6,8-9,11,16-18,24H,4,7,10,12-13H2,(H,22,25)/t16-,17-,18+/m0/s1. The van der Waals surface area contributed by atoms with Crippen LogP contribution in [0.5, 0.6) is 0 Å². The average molecular weight is 337 g/mol. The van der Waals surface area contributed by atoms with E-state index in [9.17, 15) is 9.90 Å². The average Bonchev–Trinajstić information content (AvgIpc) is 3.42. The van der Waals surface area contributed by atoms with Crippen molar-refractivity contribution in [2.24, 2.45) is 0 Å². The molecule has 5 heteroatoms. The van der Waals surface area contributed by atoms with Crippen molar-refractivity contribution in [3.8, 4) is 0 Å². The monoisotopic (exact) mass is 337 g/mol. The lowest BCUT2D eigenvalue weighted by atomic mass is 10.1. The first kappa shape index (κ1) is 16.1. The SMILES string of the molecule is O=C(N[C@@H]1C[C@H]1c1ccccc1)c1cc(N2CCC[C@H](O)C2)ccn1. The molecule has 1 aliphatic heterocycles. The number of nitrogens with one attached hydrogen (secondary N) is 1. The molecular formula is C20H23N3O2. The van der Waals surface area contributed by atoms with E-state index in [1.165, 1.54) is 5.56 Å². The molecule has 2 aromatic rings. The summed E-state index contributed by atoms with van der Waals surface area (Å²) in [6.07, 6.45) is 4.17. The van der Waals surface area contributed by atoms with Gasteiger partial charge in [0, 0.05) is 36.9 Å². The molecular weight excluding hydrogens is 314 g/mol. The molecule has 0 bridgehead atoms. The molecule has 4 rings (SSSR count). The zero-order chi connectivity index (χ0) is 17.2. The number of rotatable bonds is 4. The van der Waals surface area contributed by atoms with Crippen molar-refractivity contribution in [1.82, 2.24) is 10.3 Å². The summed E-state index contributed by atoms with van der Waals surface area (Å²) in [7, 11) is 0. The zero-order valence-electron chi connectivity index (χ0n) is 14.1. The number of carbonyl (C=O) groups is 1. The van der Waals surface area contributed by atoms with Crippen LogP contribution in [-0.2, 0) is 0 Å². The van der Waals surface area contributed by atoms with Crippen LogP contribution in [0.15, 0.2) is 48.7 Å². The number of aromatic nitrogens is 1. The second-order valence-corrected chi connectivity index (χ2v) is 6.97. The minimum atomic E-state index is -0.294. The van der Waals surface area contributed by atoms with Crippen molar-refractivity contribution < 1.29 is 9.90 Å². The van der Waals surface area contributed by atoms with Gasteiger partial charge in [-0.1, -0.05) is 30.3 Å². The first-order valence-electron chi connectivity index (χ1n) is 8.95. The molecule has 2 heterocycles. The fourth-order valence-electron chi connectivity index (χ4n) is 3.59. The van der Waals surface area contributed by atoms with Crippen molar-refractivity contribution in [3.63, 3.8) is 0 Å². The Bertz CT molecular complexity index is 750. The Morgan fingerprint density at radius 2 is 2.08 bits per heavy atom. The Hall–Kier alpha value is -2.40. The fourth-order valence-corrected chi connectivity index (χ4v) is 3.59. The number of benzene rings is 1. The summed E-state index contributed by atoms with van der Waals surface area (Å²) in [6.45, 7) is 1.52. The summed E-state index contributed by atoms with van der Waals surface area (Å²) in [5.41, 5.74) is 2.67. The quantitative estimate of drug-likeness (QED) is 0.899. The molecule has 0 radical (unpaired) electrons. The molecule has 2 N–H and O–H groups in total. The van der Waals surface area contributed by atoms with Crippen molar-refractivity contribution in [2.45, 2.75) is 37.3 Å². The van der Waals surface area contributed by atoms with Crippen molar-refractivity contribution >= 4 is 11.6 Å². The number of aliphatic hydroxyl groups excluding tert-OH is 1. The van der Waals surface area contributed by atoms with Gasteiger partial charge < -0.3 is 15.3 Å². The van der Waals surface area contributed by atoms with Crippen LogP contribution in [0.3, 0.4) is 0 Å². The Kier molecular flexibility index (Phi) is 4.40. The molecule has 1 aromatic heterocycles. The zero-order valence-corrected chi connectivity index (χ0v) is 14.1. The number of anilines is 1. The van der Waals surface area contributed by atoms with Crippen LogP contribution >= 0.6 is 0 Å². The molecule has 1 saturated heterocycles. The Balaban J connectivity index is 1.40. The van der Waals surface area contributed by atoms with E-state index in [2.05, 4.69) is 27.3 Å². The van der Waals surface area contributed by atoms with Gasteiger partial charge in [0.1, 0.15) is 5.69 Å². The van der Waals surface area contributed by atoms with Gasteiger partial charge in [0.15, 0.2) is 0 Å². The van der Waals surface area contributed by atoms with E-state index in [1.807, 2.05) is 30.3 Å². The second kappa shape index (κ2) is 6.84. The Morgan fingerprint density at radius 3 is 2.88 bits per heavy atom. The maximum absolute atomic E-state index is 12.5. The van der Waals surface area contributed by atoms with Gasteiger partial charge in [0.2, 0.25) is 0 Å². The highest BCUT2D eigenvalue weighted by Crippen LogP contribution is 2.40. The number of amides is 1. The molecule has 1 amide bonds. The van der Waals surface area contributed by atoms with Crippen molar-refractivity contribution in [1.29, 1.82) is 0 Å². The number of carbonyl (C=O) groups excluding carboxylic acids is 1. The number of pyridine rings is 1. The van der Waals surface area contributed by atoms with Gasteiger partial charge in [-0.25, -0.2) is 0 Å². The van der Waals surface area contributed by atoms with Gasteiger partial charge in [0.05, 0.1) is 6.10 Å². The van der Waals surface area contributed by atoms with Crippen LogP contribution in [0.1, 0.15) is 41.2 Å².